The summed E-state index contributed by atoms with van der Waals surface area (Å²) in [5, 5.41) is 8.22. The molecular formula is C19H19N5O2S. The van der Waals surface area contributed by atoms with Crippen molar-refractivity contribution in [1.82, 2.24) is 14.8 Å². The number of pyridine rings is 1. The predicted molar refractivity (Wildman–Crippen MR) is 109 cm³/mol. The summed E-state index contributed by atoms with van der Waals surface area (Å²) in [5.41, 5.74) is 15.1. The van der Waals surface area contributed by atoms with Crippen LogP contribution in [0.4, 0.5) is 5.82 Å². The molecule has 8 heteroatoms. The number of aromatic amines is 1. The molecule has 0 radical (unpaired) electrons. The van der Waals surface area contributed by atoms with Crippen molar-refractivity contribution in [1.29, 1.82) is 0 Å². The molecule has 0 saturated heterocycles. The van der Waals surface area contributed by atoms with E-state index in [4.69, 9.17) is 11.5 Å². The van der Waals surface area contributed by atoms with Crippen LogP contribution in [-0.4, -0.2) is 20.7 Å². The number of carbonyl (C=O) groups excluding carboxylic acids is 1. The number of aromatic nitrogens is 3. The SMILES string of the molecule is CCc1sc2c(C(N)=O)c(N)n(-c3c(C)ccc4[nH]ncc34)c(=O)c2c1C. The van der Waals surface area contributed by atoms with Gasteiger partial charge in [-0.1, -0.05) is 13.0 Å². The molecule has 5 N–H and O–H groups in total. The average molecular weight is 381 g/mol. The number of anilines is 1. The number of hydrogen-bond donors (Lipinski definition) is 3. The van der Waals surface area contributed by atoms with Crippen LogP contribution < -0.4 is 17.0 Å². The van der Waals surface area contributed by atoms with E-state index in [1.54, 1.807) is 6.20 Å². The lowest BCUT2D eigenvalue weighted by molar-refractivity contribution is 0.100. The second kappa shape index (κ2) is 5.95. The van der Waals surface area contributed by atoms with E-state index in [2.05, 4.69) is 10.2 Å². The van der Waals surface area contributed by atoms with Gasteiger partial charge in [-0.25, -0.2) is 0 Å². The van der Waals surface area contributed by atoms with Crippen molar-refractivity contribution < 1.29 is 4.79 Å². The molecule has 0 unspecified atom stereocenters. The number of aryl methyl sites for hydroxylation is 3. The van der Waals surface area contributed by atoms with Crippen molar-refractivity contribution in [2.45, 2.75) is 27.2 Å². The standard InChI is InChI=1S/C19H19N5O2S/c1-4-12-9(3)13-16(27-12)14(18(21)25)17(20)24(19(13)26)15-8(2)5-6-11-10(15)7-22-23-11/h5-7H,4,20H2,1-3H3,(H2,21,25)(H,22,23). The highest BCUT2D eigenvalue weighted by Gasteiger charge is 2.25. The third-order valence-corrected chi connectivity index (χ3v) is 6.43. The van der Waals surface area contributed by atoms with Gasteiger partial charge < -0.3 is 11.5 Å². The van der Waals surface area contributed by atoms with Gasteiger partial charge >= 0.3 is 0 Å². The lowest BCUT2D eigenvalue weighted by Crippen LogP contribution is -2.27. The van der Waals surface area contributed by atoms with E-state index in [0.717, 1.165) is 33.3 Å². The molecule has 0 atom stereocenters. The second-order valence-corrected chi connectivity index (χ2v) is 7.64. The van der Waals surface area contributed by atoms with Gasteiger partial charge in [-0.15, -0.1) is 11.3 Å². The molecule has 4 aromatic rings. The van der Waals surface area contributed by atoms with Crippen LogP contribution in [0.5, 0.6) is 0 Å². The number of hydrogen-bond acceptors (Lipinski definition) is 5. The zero-order chi connectivity index (χ0) is 19.5. The fraction of sp³-hybridized carbons (Fsp3) is 0.211. The molecule has 1 aromatic carbocycles. The van der Waals surface area contributed by atoms with Crippen LogP contribution in [0.2, 0.25) is 0 Å². The Morgan fingerprint density at radius 3 is 2.74 bits per heavy atom. The monoisotopic (exact) mass is 381 g/mol. The van der Waals surface area contributed by atoms with Gasteiger partial charge in [0.1, 0.15) is 5.82 Å². The van der Waals surface area contributed by atoms with Crippen LogP contribution in [0.1, 0.15) is 33.3 Å². The highest BCUT2D eigenvalue weighted by Crippen LogP contribution is 2.36. The van der Waals surface area contributed by atoms with Gasteiger partial charge in [0.15, 0.2) is 0 Å². The Morgan fingerprint density at radius 1 is 1.33 bits per heavy atom. The number of fused-ring (bicyclic) bond motifs is 2. The second-order valence-electron chi connectivity index (χ2n) is 6.54. The zero-order valence-corrected chi connectivity index (χ0v) is 16.0. The van der Waals surface area contributed by atoms with E-state index in [-0.39, 0.29) is 16.9 Å². The van der Waals surface area contributed by atoms with E-state index in [1.165, 1.54) is 15.9 Å². The van der Waals surface area contributed by atoms with E-state index in [1.807, 2.05) is 32.9 Å². The van der Waals surface area contributed by atoms with E-state index >= 15 is 0 Å². The number of nitrogens with one attached hydrogen (secondary N) is 1. The highest BCUT2D eigenvalue weighted by atomic mass is 32.1. The van der Waals surface area contributed by atoms with Crippen LogP contribution in [0.15, 0.2) is 23.1 Å². The number of rotatable bonds is 3. The van der Waals surface area contributed by atoms with Gasteiger partial charge in [0, 0.05) is 10.3 Å². The van der Waals surface area contributed by atoms with Crippen LogP contribution in [0, 0.1) is 13.8 Å². The highest BCUT2D eigenvalue weighted by molar-refractivity contribution is 7.19. The van der Waals surface area contributed by atoms with Crippen LogP contribution in [-0.2, 0) is 6.42 Å². The third-order valence-electron chi connectivity index (χ3n) is 4.98. The van der Waals surface area contributed by atoms with Gasteiger partial charge in [0.2, 0.25) is 0 Å². The molecular weight excluding hydrogens is 362 g/mol. The third kappa shape index (κ3) is 2.30. The number of benzene rings is 1. The normalized spacial score (nSPS) is 11.5. The molecule has 0 bridgehead atoms. The average Bonchev–Trinajstić information content (AvgIpc) is 3.21. The number of primary amides is 1. The van der Waals surface area contributed by atoms with Crippen molar-refractivity contribution in [2.24, 2.45) is 5.73 Å². The van der Waals surface area contributed by atoms with Crippen molar-refractivity contribution in [3.8, 4) is 5.69 Å². The summed E-state index contributed by atoms with van der Waals surface area (Å²) in [6, 6.07) is 3.77. The minimum absolute atomic E-state index is 0.0562. The van der Waals surface area contributed by atoms with Crippen LogP contribution in [0.3, 0.4) is 0 Å². The van der Waals surface area contributed by atoms with Crippen molar-refractivity contribution in [3.05, 3.63) is 50.3 Å². The molecule has 0 aliphatic rings. The summed E-state index contributed by atoms with van der Waals surface area (Å²) in [5.74, 6) is -0.590. The van der Waals surface area contributed by atoms with Crippen molar-refractivity contribution >= 4 is 44.1 Å². The number of H-pyrrole nitrogens is 1. The quantitative estimate of drug-likeness (QED) is 0.505. The molecule has 1 amide bonds. The maximum atomic E-state index is 13.5. The van der Waals surface area contributed by atoms with Crippen LogP contribution in [0.25, 0.3) is 26.7 Å². The Labute approximate surface area is 158 Å². The van der Waals surface area contributed by atoms with Gasteiger partial charge in [-0.2, -0.15) is 5.10 Å². The molecule has 0 fully saturated rings. The maximum absolute atomic E-state index is 13.5. The first-order chi connectivity index (χ1) is 12.9. The Morgan fingerprint density at radius 2 is 2.07 bits per heavy atom. The minimum Gasteiger partial charge on any atom is -0.384 e. The molecule has 3 aromatic heterocycles. The molecule has 7 nitrogen and oxygen atoms in total. The van der Waals surface area contributed by atoms with E-state index < -0.39 is 5.91 Å². The smallest absolute Gasteiger partial charge is 0.265 e. The molecule has 0 aliphatic carbocycles. The summed E-state index contributed by atoms with van der Waals surface area (Å²) in [6.07, 6.45) is 2.41. The molecule has 0 saturated carbocycles. The molecule has 3 heterocycles. The van der Waals surface area contributed by atoms with Crippen LogP contribution >= 0.6 is 11.3 Å². The summed E-state index contributed by atoms with van der Waals surface area (Å²) in [6.45, 7) is 5.80. The predicted octanol–water partition coefficient (Wildman–Crippen LogP) is 2.79. The molecule has 0 spiro atoms. The Hall–Kier alpha value is -3.13. The molecule has 0 aliphatic heterocycles. The topological polar surface area (TPSA) is 120 Å². The molecule has 27 heavy (non-hydrogen) atoms. The lowest BCUT2D eigenvalue weighted by Gasteiger charge is -2.16. The number of thiophene rings is 1. The summed E-state index contributed by atoms with van der Waals surface area (Å²) in [7, 11) is 0. The van der Waals surface area contributed by atoms with Crippen molar-refractivity contribution in [2.75, 3.05) is 5.73 Å². The number of nitrogens with zero attached hydrogens (tertiary/aromatic N) is 2. The van der Waals surface area contributed by atoms with E-state index in [9.17, 15) is 9.59 Å². The zero-order valence-electron chi connectivity index (χ0n) is 15.2. The fourth-order valence-corrected chi connectivity index (χ4v) is 4.94. The van der Waals surface area contributed by atoms with Gasteiger partial charge in [0.25, 0.3) is 11.5 Å². The molecule has 4 rings (SSSR count). The van der Waals surface area contributed by atoms with E-state index in [0.29, 0.717) is 15.8 Å². The largest absolute Gasteiger partial charge is 0.384 e. The fourth-order valence-electron chi connectivity index (χ4n) is 3.65. The minimum atomic E-state index is -0.646. The van der Waals surface area contributed by atoms with Gasteiger partial charge in [0.05, 0.1) is 33.1 Å². The van der Waals surface area contributed by atoms with Gasteiger partial charge in [-0.05, 0) is 37.5 Å². The number of amides is 1. The Kier molecular flexibility index (Phi) is 3.81. The molecule has 138 valence electrons. The van der Waals surface area contributed by atoms with Crippen molar-refractivity contribution in [3.63, 3.8) is 0 Å². The Balaban J connectivity index is 2.27. The first-order valence-electron chi connectivity index (χ1n) is 8.56. The summed E-state index contributed by atoms with van der Waals surface area (Å²) >= 11 is 1.41. The maximum Gasteiger partial charge on any atom is 0.265 e. The number of carbonyl (C=O) groups is 1. The number of nitrogens with two attached hydrogens (primary N) is 2. The summed E-state index contributed by atoms with van der Waals surface area (Å²) < 4.78 is 1.96. The van der Waals surface area contributed by atoms with Gasteiger partial charge in [-0.3, -0.25) is 19.3 Å². The first-order valence-corrected chi connectivity index (χ1v) is 9.37. The summed E-state index contributed by atoms with van der Waals surface area (Å²) in [4.78, 5) is 26.8. The number of nitrogen functional groups attached to an aromatic ring is 1. The first kappa shape index (κ1) is 17.3. The lowest BCUT2D eigenvalue weighted by atomic mass is 10.1. The Bertz CT molecular complexity index is 1300.